The van der Waals surface area contributed by atoms with E-state index in [-0.39, 0.29) is 22.6 Å². The molecule has 1 saturated carbocycles. The second-order valence-electron chi connectivity index (χ2n) is 4.59. The van der Waals surface area contributed by atoms with Gasteiger partial charge in [0.15, 0.2) is 0 Å². The van der Waals surface area contributed by atoms with Crippen molar-refractivity contribution in [3.05, 3.63) is 40.2 Å². The third-order valence-electron chi connectivity index (χ3n) is 3.32. The van der Waals surface area contributed by atoms with Crippen LogP contribution in [-0.4, -0.2) is 15.8 Å². The molecule has 3 rings (SSSR count). The molecule has 1 N–H and O–H groups in total. The zero-order valence-electron chi connectivity index (χ0n) is 9.57. The molecule has 1 heterocycles. The van der Waals surface area contributed by atoms with Gasteiger partial charge in [-0.25, -0.2) is 9.37 Å². The number of hydrogen-bond acceptors (Lipinski definition) is 3. The van der Waals surface area contributed by atoms with Gasteiger partial charge in [0.1, 0.15) is 17.4 Å². The summed E-state index contributed by atoms with van der Waals surface area (Å²) in [6.07, 6.45) is 1.68. The number of hydrogen-bond donors (Lipinski definition) is 1. The summed E-state index contributed by atoms with van der Waals surface area (Å²) in [5.74, 6) is 0.255. The lowest BCUT2D eigenvalue weighted by Crippen LogP contribution is -2.14. The summed E-state index contributed by atoms with van der Waals surface area (Å²) in [6, 6.07) is 3.93. The van der Waals surface area contributed by atoms with Gasteiger partial charge < -0.3 is 4.98 Å². The topological polar surface area (TPSA) is 62.8 Å². The Morgan fingerprint density at radius 1 is 1.33 bits per heavy atom. The zero-order chi connectivity index (χ0) is 12.7. The summed E-state index contributed by atoms with van der Waals surface area (Å²) >= 11 is 0. The fourth-order valence-electron chi connectivity index (χ4n) is 2.37. The second kappa shape index (κ2) is 4.01. The first-order valence-corrected chi connectivity index (χ1v) is 5.84. The van der Waals surface area contributed by atoms with Crippen LogP contribution < -0.4 is 5.56 Å². The number of halogens is 1. The minimum Gasteiger partial charge on any atom is -0.310 e. The molecular formula is C13H11FN2O2. The molecule has 1 unspecified atom stereocenters. The fraction of sp³-hybridized carbons (Fsp3) is 0.308. The van der Waals surface area contributed by atoms with Crippen molar-refractivity contribution in [1.82, 2.24) is 9.97 Å². The third-order valence-corrected chi connectivity index (χ3v) is 3.32. The number of Topliss-reactive ketones (excluding diaryl/α,β-unsaturated/α-hetero) is 1. The average Bonchev–Trinajstić information content (AvgIpc) is 2.77. The lowest BCUT2D eigenvalue weighted by Gasteiger charge is -2.08. The van der Waals surface area contributed by atoms with Crippen molar-refractivity contribution in [1.29, 1.82) is 0 Å². The number of carbonyl (C=O) groups excluding carboxylic acids is 1. The Kier molecular flexibility index (Phi) is 2.47. The normalized spacial score (nSPS) is 19.6. The molecule has 0 bridgehead atoms. The van der Waals surface area contributed by atoms with Gasteiger partial charge in [0, 0.05) is 18.8 Å². The average molecular weight is 246 g/mol. The number of rotatable bonds is 1. The molecule has 0 spiro atoms. The van der Waals surface area contributed by atoms with Crippen LogP contribution in [0.5, 0.6) is 0 Å². The van der Waals surface area contributed by atoms with Gasteiger partial charge in [-0.15, -0.1) is 0 Å². The molecule has 18 heavy (non-hydrogen) atoms. The molecule has 1 fully saturated rings. The molecule has 5 heteroatoms. The predicted molar refractivity (Wildman–Crippen MR) is 63.9 cm³/mol. The number of carbonyl (C=O) groups is 1. The quantitative estimate of drug-likeness (QED) is 0.835. The fourth-order valence-corrected chi connectivity index (χ4v) is 2.37. The van der Waals surface area contributed by atoms with Gasteiger partial charge in [0.2, 0.25) is 0 Å². The first kappa shape index (κ1) is 11.1. The zero-order valence-corrected chi connectivity index (χ0v) is 9.57. The number of H-pyrrole nitrogens is 1. The highest BCUT2D eigenvalue weighted by Crippen LogP contribution is 2.29. The highest BCUT2D eigenvalue weighted by atomic mass is 19.1. The molecule has 1 aromatic carbocycles. The molecule has 2 aromatic rings. The molecule has 1 aliphatic rings. The predicted octanol–water partition coefficient (Wildman–Crippen LogP) is 1.90. The Morgan fingerprint density at radius 2 is 2.17 bits per heavy atom. The molecule has 92 valence electrons. The number of fused-ring (bicyclic) bond motifs is 1. The van der Waals surface area contributed by atoms with E-state index in [1.165, 1.54) is 18.2 Å². The summed E-state index contributed by atoms with van der Waals surface area (Å²) in [5.41, 5.74) is 0.114. The molecule has 0 amide bonds. The Labute approximate surface area is 102 Å². The number of benzene rings is 1. The Bertz CT molecular complexity index is 693. The van der Waals surface area contributed by atoms with Crippen LogP contribution in [0.15, 0.2) is 23.0 Å². The number of aromatic nitrogens is 2. The number of aromatic amines is 1. The van der Waals surface area contributed by atoms with Crippen LogP contribution in [0.25, 0.3) is 10.9 Å². The smallest absolute Gasteiger partial charge is 0.258 e. The van der Waals surface area contributed by atoms with E-state index in [2.05, 4.69) is 9.97 Å². The summed E-state index contributed by atoms with van der Waals surface area (Å²) in [5, 5.41) is 0.239. The van der Waals surface area contributed by atoms with E-state index in [4.69, 9.17) is 0 Å². The van der Waals surface area contributed by atoms with E-state index >= 15 is 0 Å². The minimum absolute atomic E-state index is 0.0142. The van der Waals surface area contributed by atoms with Crippen LogP contribution in [-0.2, 0) is 4.79 Å². The second-order valence-corrected chi connectivity index (χ2v) is 4.59. The first-order chi connectivity index (χ1) is 8.63. The van der Waals surface area contributed by atoms with Gasteiger partial charge in [-0.05, 0) is 24.6 Å². The molecule has 0 saturated heterocycles. The largest absolute Gasteiger partial charge is 0.310 e. The number of nitrogens with zero attached hydrogens (tertiary/aromatic N) is 1. The van der Waals surface area contributed by atoms with Gasteiger partial charge in [-0.3, -0.25) is 9.59 Å². The highest BCUT2D eigenvalue weighted by Gasteiger charge is 2.25. The van der Waals surface area contributed by atoms with Crippen molar-refractivity contribution >= 4 is 16.7 Å². The molecule has 1 aromatic heterocycles. The number of nitrogens with one attached hydrogen (secondary N) is 1. The molecule has 4 nitrogen and oxygen atoms in total. The van der Waals surface area contributed by atoms with Gasteiger partial charge in [0.25, 0.3) is 5.56 Å². The van der Waals surface area contributed by atoms with Crippen molar-refractivity contribution in [2.75, 3.05) is 0 Å². The van der Waals surface area contributed by atoms with Crippen molar-refractivity contribution in [2.24, 2.45) is 0 Å². The Hall–Kier alpha value is -2.04. The van der Waals surface area contributed by atoms with E-state index in [1.807, 2.05) is 0 Å². The van der Waals surface area contributed by atoms with Crippen molar-refractivity contribution < 1.29 is 9.18 Å². The van der Waals surface area contributed by atoms with Gasteiger partial charge in [-0.1, -0.05) is 0 Å². The molecule has 1 aliphatic carbocycles. The Balaban J connectivity index is 2.13. The number of ketones is 1. The summed E-state index contributed by atoms with van der Waals surface area (Å²) in [4.78, 5) is 30.1. The van der Waals surface area contributed by atoms with E-state index in [9.17, 15) is 14.0 Å². The van der Waals surface area contributed by atoms with E-state index in [0.717, 1.165) is 0 Å². The monoisotopic (exact) mass is 246 g/mol. The maximum atomic E-state index is 13.0. The van der Waals surface area contributed by atoms with E-state index in [0.29, 0.717) is 30.6 Å². The van der Waals surface area contributed by atoms with E-state index < -0.39 is 5.82 Å². The summed E-state index contributed by atoms with van der Waals surface area (Å²) in [6.45, 7) is 0. The lowest BCUT2D eigenvalue weighted by atomic mass is 10.1. The minimum atomic E-state index is -0.460. The van der Waals surface area contributed by atoms with Gasteiger partial charge >= 0.3 is 0 Å². The summed E-state index contributed by atoms with van der Waals surface area (Å²) < 4.78 is 13.0. The van der Waals surface area contributed by atoms with E-state index in [1.54, 1.807) is 0 Å². The summed E-state index contributed by atoms with van der Waals surface area (Å²) in [7, 11) is 0. The standard InChI is InChI=1S/C13H11FN2O2/c14-8-2-4-11-10(6-8)13(18)16-12(15-11)7-1-3-9(17)5-7/h2,4,6-7H,1,3,5H2,(H,15,16,18). The molecular weight excluding hydrogens is 235 g/mol. The highest BCUT2D eigenvalue weighted by molar-refractivity contribution is 5.82. The third kappa shape index (κ3) is 1.81. The molecule has 0 aliphatic heterocycles. The maximum absolute atomic E-state index is 13.0. The molecule has 1 atom stereocenters. The van der Waals surface area contributed by atoms with Crippen molar-refractivity contribution in [3.8, 4) is 0 Å². The van der Waals surface area contributed by atoms with Crippen LogP contribution in [0.3, 0.4) is 0 Å². The SMILES string of the molecule is O=C1CCC(c2nc3ccc(F)cc3c(=O)[nH]2)C1. The van der Waals surface area contributed by atoms with Crippen molar-refractivity contribution in [3.63, 3.8) is 0 Å². The lowest BCUT2D eigenvalue weighted by molar-refractivity contribution is -0.117. The van der Waals surface area contributed by atoms with Gasteiger partial charge in [-0.2, -0.15) is 0 Å². The Morgan fingerprint density at radius 3 is 2.89 bits per heavy atom. The van der Waals surface area contributed by atoms with Crippen LogP contribution in [0, 0.1) is 5.82 Å². The van der Waals surface area contributed by atoms with Crippen LogP contribution in [0.1, 0.15) is 31.0 Å². The van der Waals surface area contributed by atoms with Gasteiger partial charge in [0.05, 0.1) is 10.9 Å². The van der Waals surface area contributed by atoms with Crippen LogP contribution in [0.2, 0.25) is 0 Å². The van der Waals surface area contributed by atoms with Crippen LogP contribution in [0.4, 0.5) is 4.39 Å². The first-order valence-electron chi connectivity index (χ1n) is 5.84. The molecule has 0 radical (unpaired) electrons. The maximum Gasteiger partial charge on any atom is 0.258 e. The van der Waals surface area contributed by atoms with Crippen molar-refractivity contribution in [2.45, 2.75) is 25.2 Å². The van der Waals surface area contributed by atoms with Crippen LogP contribution >= 0.6 is 0 Å².